The molecule has 1 aromatic rings. The monoisotopic (exact) mass is 282 g/mol. The van der Waals surface area contributed by atoms with E-state index in [4.69, 9.17) is 0 Å². The maximum atomic E-state index is 4.57. The fraction of sp³-hybridized carbons (Fsp3) is 0.714. The Morgan fingerprint density at radius 1 is 1.42 bits per heavy atom. The van der Waals surface area contributed by atoms with Gasteiger partial charge in [0.1, 0.15) is 0 Å². The Hall–Kier alpha value is -1.10. The molecule has 0 amide bonds. The lowest BCUT2D eigenvalue weighted by atomic mass is 10.1. The number of nitrogens with zero attached hydrogens (tertiary/aromatic N) is 2. The third-order valence-corrected chi connectivity index (χ3v) is 3.48. The van der Waals surface area contributed by atoms with Crippen molar-refractivity contribution in [3.8, 4) is 0 Å². The lowest BCUT2D eigenvalue weighted by Gasteiger charge is -2.11. The molecular weight excluding hydrogens is 256 g/mol. The number of aliphatic imine (C=N–C) groups is 1. The highest BCUT2D eigenvalue weighted by molar-refractivity contribution is 7.09. The van der Waals surface area contributed by atoms with E-state index in [0.29, 0.717) is 5.92 Å². The highest BCUT2D eigenvalue weighted by Gasteiger charge is 2.00. The van der Waals surface area contributed by atoms with E-state index in [1.807, 2.05) is 6.92 Å². The minimum Gasteiger partial charge on any atom is -0.357 e. The maximum Gasteiger partial charge on any atom is 0.191 e. The van der Waals surface area contributed by atoms with Crippen molar-refractivity contribution in [3.05, 3.63) is 16.1 Å². The topological polar surface area (TPSA) is 49.3 Å². The molecule has 0 saturated carbocycles. The lowest BCUT2D eigenvalue weighted by Crippen LogP contribution is -2.38. The van der Waals surface area contributed by atoms with Crippen LogP contribution in [0.4, 0.5) is 0 Å². The largest absolute Gasteiger partial charge is 0.357 e. The molecular formula is C14H26N4S. The molecule has 108 valence electrons. The summed E-state index contributed by atoms with van der Waals surface area (Å²) in [6.45, 7) is 11.2. The minimum absolute atomic E-state index is 0.699. The predicted octanol–water partition coefficient (Wildman–Crippen LogP) is 2.60. The molecule has 0 spiro atoms. The number of aromatic nitrogens is 1. The SMILES string of the molecule is CCNC(=NCCC(C)C)NCCc1csc(C)n1. The van der Waals surface area contributed by atoms with Gasteiger partial charge in [0.15, 0.2) is 5.96 Å². The second-order valence-electron chi connectivity index (χ2n) is 4.98. The second-order valence-corrected chi connectivity index (χ2v) is 6.04. The summed E-state index contributed by atoms with van der Waals surface area (Å²) in [6.07, 6.45) is 2.07. The molecule has 0 atom stereocenters. The van der Waals surface area contributed by atoms with Gasteiger partial charge in [-0.05, 0) is 26.2 Å². The molecule has 19 heavy (non-hydrogen) atoms. The van der Waals surface area contributed by atoms with Gasteiger partial charge in [-0.3, -0.25) is 4.99 Å². The molecule has 0 aromatic carbocycles. The molecule has 0 radical (unpaired) electrons. The average Bonchev–Trinajstić information content (AvgIpc) is 2.74. The van der Waals surface area contributed by atoms with Crippen LogP contribution in [0.1, 0.15) is 37.9 Å². The van der Waals surface area contributed by atoms with Gasteiger partial charge in [0.2, 0.25) is 0 Å². The van der Waals surface area contributed by atoms with Crippen LogP contribution in [0.5, 0.6) is 0 Å². The van der Waals surface area contributed by atoms with Crippen LogP contribution in [0.2, 0.25) is 0 Å². The molecule has 0 aliphatic carbocycles. The second kappa shape index (κ2) is 8.91. The van der Waals surface area contributed by atoms with Crippen molar-refractivity contribution in [2.45, 2.75) is 40.5 Å². The van der Waals surface area contributed by atoms with Crippen LogP contribution in [0.25, 0.3) is 0 Å². The first-order valence-corrected chi connectivity index (χ1v) is 7.93. The fourth-order valence-corrected chi connectivity index (χ4v) is 2.26. The fourth-order valence-electron chi connectivity index (χ4n) is 1.61. The van der Waals surface area contributed by atoms with E-state index in [1.54, 1.807) is 11.3 Å². The number of nitrogens with one attached hydrogen (secondary N) is 2. The van der Waals surface area contributed by atoms with Gasteiger partial charge in [-0.25, -0.2) is 4.98 Å². The summed E-state index contributed by atoms with van der Waals surface area (Å²) in [4.78, 5) is 9.02. The zero-order valence-electron chi connectivity index (χ0n) is 12.5. The standard InChI is InChI=1S/C14H26N4S/c1-5-15-14(16-8-6-11(2)3)17-9-7-13-10-19-12(4)18-13/h10-11H,5-9H2,1-4H3,(H2,15,16,17). The zero-order valence-corrected chi connectivity index (χ0v) is 13.3. The van der Waals surface area contributed by atoms with E-state index < -0.39 is 0 Å². The molecule has 4 nitrogen and oxygen atoms in total. The lowest BCUT2D eigenvalue weighted by molar-refractivity contribution is 0.594. The first-order valence-electron chi connectivity index (χ1n) is 7.05. The summed E-state index contributed by atoms with van der Waals surface area (Å²) in [7, 11) is 0. The molecule has 0 saturated heterocycles. The van der Waals surface area contributed by atoms with Gasteiger partial charge in [-0.1, -0.05) is 13.8 Å². The van der Waals surface area contributed by atoms with Gasteiger partial charge in [0, 0.05) is 31.4 Å². The quantitative estimate of drug-likeness (QED) is 0.597. The Morgan fingerprint density at radius 2 is 2.21 bits per heavy atom. The van der Waals surface area contributed by atoms with E-state index in [9.17, 15) is 0 Å². The Kier molecular flexibility index (Phi) is 7.48. The minimum atomic E-state index is 0.699. The Balaban J connectivity index is 2.32. The number of hydrogen-bond donors (Lipinski definition) is 2. The van der Waals surface area contributed by atoms with Gasteiger partial charge in [-0.2, -0.15) is 0 Å². The zero-order chi connectivity index (χ0) is 14.1. The highest BCUT2D eigenvalue weighted by Crippen LogP contribution is 2.07. The van der Waals surface area contributed by atoms with Gasteiger partial charge in [0.05, 0.1) is 10.7 Å². The summed E-state index contributed by atoms with van der Waals surface area (Å²) in [5, 5.41) is 9.88. The van der Waals surface area contributed by atoms with E-state index >= 15 is 0 Å². The van der Waals surface area contributed by atoms with Crippen LogP contribution in [0, 0.1) is 12.8 Å². The Bertz CT molecular complexity index is 385. The van der Waals surface area contributed by atoms with Crippen molar-refractivity contribution in [1.82, 2.24) is 15.6 Å². The van der Waals surface area contributed by atoms with Crippen molar-refractivity contribution in [3.63, 3.8) is 0 Å². The van der Waals surface area contributed by atoms with Crippen LogP contribution in [0.15, 0.2) is 10.4 Å². The third kappa shape index (κ3) is 7.15. The third-order valence-electron chi connectivity index (χ3n) is 2.66. The summed E-state index contributed by atoms with van der Waals surface area (Å²) in [5.74, 6) is 1.61. The van der Waals surface area contributed by atoms with E-state index in [2.05, 4.69) is 46.8 Å². The van der Waals surface area contributed by atoms with Gasteiger partial charge in [0.25, 0.3) is 0 Å². The first kappa shape index (κ1) is 16.0. The average molecular weight is 282 g/mol. The Labute approximate surface area is 120 Å². The molecule has 1 aromatic heterocycles. The molecule has 5 heteroatoms. The molecule has 0 unspecified atom stereocenters. The molecule has 1 heterocycles. The van der Waals surface area contributed by atoms with E-state index in [1.165, 1.54) is 0 Å². The van der Waals surface area contributed by atoms with Crippen molar-refractivity contribution in [2.75, 3.05) is 19.6 Å². The van der Waals surface area contributed by atoms with Gasteiger partial charge in [-0.15, -0.1) is 11.3 Å². The van der Waals surface area contributed by atoms with Crippen LogP contribution >= 0.6 is 11.3 Å². The number of thiazole rings is 1. The molecule has 0 aliphatic rings. The smallest absolute Gasteiger partial charge is 0.191 e. The van der Waals surface area contributed by atoms with Gasteiger partial charge < -0.3 is 10.6 Å². The first-order chi connectivity index (χ1) is 9.11. The molecule has 0 bridgehead atoms. The predicted molar refractivity (Wildman–Crippen MR) is 84.0 cm³/mol. The maximum absolute atomic E-state index is 4.57. The van der Waals surface area contributed by atoms with Crippen LogP contribution in [-0.2, 0) is 6.42 Å². The van der Waals surface area contributed by atoms with Crippen LogP contribution < -0.4 is 10.6 Å². The van der Waals surface area contributed by atoms with Crippen LogP contribution in [-0.4, -0.2) is 30.6 Å². The number of hydrogen-bond acceptors (Lipinski definition) is 3. The van der Waals surface area contributed by atoms with Crippen molar-refractivity contribution >= 4 is 17.3 Å². The highest BCUT2D eigenvalue weighted by atomic mass is 32.1. The van der Waals surface area contributed by atoms with Crippen molar-refractivity contribution in [1.29, 1.82) is 0 Å². The van der Waals surface area contributed by atoms with Crippen LogP contribution in [0.3, 0.4) is 0 Å². The van der Waals surface area contributed by atoms with Crippen molar-refractivity contribution in [2.24, 2.45) is 10.9 Å². The summed E-state index contributed by atoms with van der Waals surface area (Å²) in [6, 6.07) is 0. The molecule has 2 N–H and O–H groups in total. The number of rotatable bonds is 7. The summed E-state index contributed by atoms with van der Waals surface area (Å²) in [5.41, 5.74) is 1.16. The summed E-state index contributed by atoms with van der Waals surface area (Å²) >= 11 is 1.71. The van der Waals surface area contributed by atoms with Gasteiger partial charge >= 0.3 is 0 Å². The number of guanidine groups is 1. The molecule has 0 aliphatic heterocycles. The molecule has 1 rings (SSSR count). The number of aryl methyl sites for hydroxylation is 1. The summed E-state index contributed by atoms with van der Waals surface area (Å²) < 4.78 is 0. The van der Waals surface area contributed by atoms with E-state index in [0.717, 1.165) is 49.1 Å². The molecule has 0 fully saturated rings. The van der Waals surface area contributed by atoms with E-state index in [-0.39, 0.29) is 0 Å². The van der Waals surface area contributed by atoms with Crippen molar-refractivity contribution < 1.29 is 0 Å². The Morgan fingerprint density at radius 3 is 2.79 bits per heavy atom. The normalized spacial score (nSPS) is 11.9.